The highest BCUT2D eigenvalue weighted by Gasteiger charge is 2.20. The Balaban J connectivity index is 1.72. The lowest BCUT2D eigenvalue weighted by Gasteiger charge is -2.28. The third-order valence-electron chi connectivity index (χ3n) is 3.50. The quantitative estimate of drug-likeness (QED) is 0.877. The summed E-state index contributed by atoms with van der Waals surface area (Å²) in [4.78, 5) is 5.81. The van der Waals surface area contributed by atoms with Gasteiger partial charge in [-0.15, -0.1) is 11.3 Å². The van der Waals surface area contributed by atoms with Crippen LogP contribution in [-0.4, -0.2) is 24.2 Å². The van der Waals surface area contributed by atoms with E-state index in [1.54, 1.807) is 0 Å². The lowest BCUT2D eigenvalue weighted by molar-refractivity contribution is 0.0624. The predicted octanol–water partition coefficient (Wildman–Crippen LogP) is 2.75. The van der Waals surface area contributed by atoms with Gasteiger partial charge in [0.1, 0.15) is 5.01 Å². The highest BCUT2D eigenvalue weighted by Crippen LogP contribution is 2.21. The van der Waals surface area contributed by atoms with Crippen molar-refractivity contribution in [3.8, 4) is 0 Å². The minimum absolute atomic E-state index is 0.486. The first-order valence-corrected chi connectivity index (χ1v) is 7.33. The van der Waals surface area contributed by atoms with Gasteiger partial charge in [0.05, 0.1) is 6.10 Å². The van der Waals surface area contributed by atoms with Gasteiger partial charge < -0.3 is 10.1 Å². The number of methoxy groups -OCH3 is 1. The highest BCUT2D eigenvalue weighted by atomic mass is 32.1. The summed E-state index contributed by atoms with van der Waals surface area (Å²) in [6.07, 6.45) is 8.41. The maximum Gasteiger partial charge on any atom is 0.107 e. The maximum atomic E-state index is 5.38. The van der Waals surface area contributed by atoms with Crippen LogP contribution in [0.25, 0.3) is 0 Å². The molecule has 2 rings (SSSR count). The molecule has 1 N–H and O–H groups in total. The molecule has 1 aliphatic carbocycles. The zero-order chi connectivity index (χ0) is 12.1. The fourth-order valence-corrected chi connectivity index (χ4v) is 3.14. The Hall–Kier alpha value is -0.450. The van der Waals surface area contributed by atoms with Crippen LogP contribution in [0.2, 0.25) is 0 Å². The molecule has 1 aromatic rings. The predicted molar refractivity (Wildman–Crippen MR) is 71.4 cm³/mol. The first kappa shape index (κ1) is 13.0. The minimum Gasteiger partial charge on any atom is -0.381 e. The Morgan fingerprint density at radius 3 is 2.76 bits per heavy atom. The van der Waals surface area contributed by atoms with E-state index in [2.05, 4.69) is 17.2 Å². The molecule has 1 aromatic heterocycles. The van der Waals surface area contributed by atoms with Gasteiger partial charge >= 0.3 is 0 Å². The van der Waals surface area contributed by atoms with Crippen LogP contribution in [0.1, 0.15) is 42.5 Å². The van der Waals surface area contributed by atoms with Gasteiger partial charge in [0, 0.05) is 30.8 Å². The van der Waals surface area contributed by atoms with Crippen molar-refractivity contribution in [1.29, 1.82) is 0 Å². The molecule has 4 heteroatoms. The summed E-state index contributed by atoms with van der Waals surface area (Å²) in [5, 5.41) is 4.83. The van der Waals surface area contributed by atoms with Crippen LogP contribution >= 0.6 is 11.3 Å². The molecule has 0 bridgehead atoms. The van der Waals surface area contributed by atoms with Crippen molar-refractivity contribution in [2.24, 2.45) is 0 Å². The smallest absolute Gasteiger partial charge is 0.107 e. The molecule has 0 aromatic carbocycles. The van der Waals surface area contributed by atoms with Crippen molar-refractivity contribution in [3.63, 3.8) is 0 Å². The van der Waals surface area contributed by atoms with Gasteiger partial charge in [-0.2, -0.15) is 0 Å². The zero-order valence-electron chi connectivity index (χ0n) is 10.7. The van der Waals surface area contributed by atoms with E-state index in [1.807, 2.05) is 24.6 Å². The van der Waals surface area contributed by atoms with Crippen LogP contribution in [0.15, 0.2) is 6.20 Å². The van der Waals surface area contributed by atoms with Crippen LogP contribution in [0.3, 0.4) is 0 Å². The fraction of sp³-hybridized carbons (Fsp3) is 0.769. The van der Waals surface area contributed by atoms with Gasteiger partial charge in [-0.25, -0.2) is 4.98 Å². The topological polar surface area (TPSA) is 34.2 Å². The Kier molecular flexibility index (Phi) is 4.95. The van der Waals surface area contributed by atoms with E-state index in [9.17, 15) is 0 Å². The molecule has 96 valence electrons. The van der Waals surface area contributed by atoms with Crippen LogP contribution < -0.4 is 5.32 Å². The number of aryl methyl sites for hydroxylation is 1. The highest BCUT2D eigenvalue weighted by molar-refractivity contribution is 7.11. The lowest BCUT2D eigenvalue weighted by atomic mass is 9.93. The van der Waals surface area contributed by atoms with Crippen molar-refractivity contribution < 1.29 is 4.74 Å². The molecule has 1 fully saturated rings. The first-order chi connectivity index (χ1) is 8.31. The Labute approximate surface area is 108 Å². The normalized spacial score (nSPS) is 25.1. The maximum absolute atomic E-state index is 5.38. The number of nitrogens with zero attached hydrogens (tertiary/aromatic N) is 1. The molecule has 1 saturated carbocycles. The second-order valence-corrected chi connectivity index (χ2v) is 5.86. The Morgan fingerprint density at radius 1 is 1.41 bits per heavy atom. The van der Waals surface area contributed by atoms with E-state index in [0.717, 1.165) is 13.0 Å². The summed E-state index contributed by atoms with van der Waals surface area (Å²) in [6.45, 7) is 3.10. The molecular weight excluding hydrogens is 232 g/mol. The number of ether oxygens (including phenoxy) is 1. The second kappa shape index (κ2) is 6.47. The monoisotopic (exact) mass is 254 g/mol. The minimum atomic E-state index is 0.486. The summed E-state index contributed by atoms with van der Waals surface area (Å²) >= 11 is 1.83. The summed E-state index contributed by atoms with van der Waals surface area (Å²) < 4.78 is 5.38. The van der Waals surface area contributed by atoms with Crippen LogP contribution in [0.4, 0.5) is 0 Å². The van der Waals surface area contributed by atoms with Crippen LogP contribution in [0, 0.1) is 0 Å². The first-order valence-electron chi connectivity index (χ1n) is 6.51. The molecule has 0 aliphatic heterocycles. The van der Waals surface area contributed by atoms with Crippen LogP contribution in [0.5, 0.6) is 0 Å². The van der Waals surface area contributed by atoms with E-state index in [4.69, 9.17) is 4.74 Å². The number of thiazole rings is 1. The fourth-order valence-electron chi connectivity index (χ4n) is 2.33. The van der Waals surface area contributed by atoms with Gasteiger partial charge in [-0.1, -0.05) is 6.92 Å². The summed E-state index contributed by atoms with van der Waals surface area (Å²) in [5.74, 6) is 0. The average Bonchev–Trinajstić information content (AvgIpc) is 2.85. The Morgan fingerprint density at radius 2 is 2.18 bits per heavy atom. The molecule has 17 heavy (non-hydrogen) atoms. The third kappa shape index (κ3) is 3.76. The lowest BCUT2D eigenvalue weighted by Crippen LogP contribution is -2.34. The number of nitrogens with one attached hydrogen (secondary N) is 1. The molecule has 3 nitrogen and oxygen atoms in total. The largest absolute Gasteiger partial charge is 0.381 e. The van der Waals surface area contributed by atoms with Crippen molar-refractivity contribution in [2.45, 2.75) is 57.7 Å². The summed E-state index contributed by atoms with van der Waals surface area (Å²) in [7, 11) is 1.82. The van der Waals surface area contributed by atoms with Crippen molar-refractivity contribution in [1.82, 2.24) is 10.3 Å². The SMILES string of the molecule is CCc1cnc(CNC2CCC(OC)CC2)s1. The Bertz CT molecular complexity index is 332. The zero-order valence-corrected chi connectivity index (χ0v) is 11.6. The number of hydrogen-bond acceptors (Lipinski definition) is 4. The number of rotatable bonds is 5. The summed E-state index contributed by atoms with van der Waals surface area (Å²) in [6, 6.07) is 0.648. The van der Waals surface area contributed by atoms with E-state index < -0.39 is 0 Å². The van der Waals surface area contributed by atoms with E-state index >= 15 is 0 Å². The van der Waals surface area contributed by atoms with Gasteiger partial charge in [-0.05, 0) is 32.1 Å². The average molecular weight is 254 g/mol. The molecule has 0 unspecified atom stereocenters. The van der Waals surface area contributed by atoms with Gasteiger partial charge in [0.15, 0.2) is 0 Å². The molecule has 0 radical (unpaired) electrons. The molecule has 0 atom stereocenters. The van der Waals surface area contributed by atoms with Gasteiger partial charge in [-0.3, -0.25) is 0 Å². The number of hydrogen-bond donors (Lipinski definition) is 1. The molecule has 0 spiro atoms. The third-order valence-corrected chi connectivity index (χ3v) is 4.64. The van der Waals surface area contributed by atoms with Crippen molar-refractivity contribution in [3.05, 3.63) is 16.1 Å². The molecule has 0 saturated heterocycles. The van der Waals surface area contributed by atoms with E-state index in [0.29, 0.717) is 12.1 Å². The molecule has 0 amide bonds. The van der Waals surface area contributed by atoms with Crippen LogP contribution in [-0.2, 0) is 17.7 Å². The van der Waals surface area contributed by atoms with Gasteiger partial charge in [0.25, 0.3) is 0 Å². The van der Waals surface area contributed by atoms with Crippen molar-refractivity contribution >= 4 is 11.3 Å². The van der Waals surface area contributed by atoms with E-state index in [1.165, 1.54) is 35.6 Å². The standard InChI is InChI=1S/C13H22N2OS/c1-3-12-8-15-13(17-12)9-14-10-4-6-11(16-2)7-5-10/h8,10-11,14H,3-7,9H2,1-2H3. The van der Waals surface area contributed by atoms with Gasteiger partial charge in [0.2, 0.25) is 0 Å². The number of aromatic nitrogens is 1. The molecule has 1 heterocycles. The molecule has 1 aliphatic rings. The van der Waals surface area contributed by atoms with Crippen molar-refractivity contribution in [2.75, 3.05) is 7.11 Å². The van der Waals surface area contributed by atoms with E-state index in [-0.39, 0.29) is 0 Å². The molecular formula is C13H22N2OS. The second-order valence-electron chi connectivity index (χ2n) is 4.66. The summed E-state index contributed by atoms with van der Waals surface area (Å²) in [5.41, 5.74) is 0.